The summed E-state index contributed by atoms with van der Waals surface area (Å²) in [6, 6.07) is 10.2. The van der Waals surface area contributed by atoms with Crippen LogP contribution in [0.15, 0.2) is 71.2 Å². The van der Waals surface area contributed by atoms with Crippen LogP contribution in [-0.2, 0) is 21.8 Å². The van der Waals surface area contributed by atoms with Crippen LogP contribution in [0.5, 0.6) is 5.75 Å². The minimum absolute atomic E-state index is 0.116. The van der Waals surface area contributed by atoms with Crippen LogP contribution < -0.4 is 9.64 Å². The molecule has 2 aliphatic heterocycles. The molecule has 46 heavy (non-hydrogen) atoms. The van der Waals surface area contributed by atoms with Crippen LogP contribution in [0.1, 0.15) is 84.9 Å². The first-order valence-electron chi connectivity index (χ1n) is 16.2. The predicted octanol–water partition coefficient (Wildman–Crippen LogP) is 9.19. The molecule has 0 amide bonds. The molecule has 0 aromatic heterocycles. The molecule has 0 bridgehead atoms. The summed E-state index contributed by atoms with van der Waals surface area (Å²) < 4.78 is 50.4. The molecule has 1 N–H and O–H groups in total. The number of fused-ring (bicyclic) bond motifs is 2. The molecule has 0 saturated carbocycles. The molecule has 0 unspecified atom stereocenters. The lowest BCUT2D eigenvalue weighted by molar-refractivity contribution is -0.439. The molecule has 2 aromatic rings. The van der Waals surface area contributed by atoms with Gasteiger partial charge in [-0.2, -0.15) is 17.7 Å². The van der Waals surface area contributed by atoms with Crippen LogP contribution >= 0.6 is 0 Å². The Morgan fingerprint density at radius 3 is 2.17 bits per heavy atom. The molecule has 0 spiro atoms. The number of alkyl halides is 3. The van der Waals surface area contributed by atoms with E-state index in [0.717, 1.165) is 48.2 Å². The fourth-order valence-corrected chi connectivity index (χ4v) is 7.15. The normalized spacial score (nSPS) is 20.4. The van der Waals surface area contributed by atoms with Gasteiger partial charge in [-0.05, 0) is 56.4 Å². The number of halogens is 3. The average Bonchev–Trinajstić information content (AvgIpc) is 3.33. The number of carbonyl (C=O) groups is 1. The maximum absolute atomic E-state index is 14.2. The largest absolute Gasteiger partial charge is 0.506 e. The van der Waals surface area contributed by atoms with E-state index in [2.05, 4.69) is 52.5 Å². The number of ether oxygens (including phenoxy) is 1. The fraction of sp³-hybridized carbons (Fsp3) is 0.474. The average molecular weight is 636 g/mol. The minimum atomic E-state index is -4.53. The number of benzene rings is 2. The van der Waals surface area contributed by atoms with E-state index in [1.54, 1.807) is 39.2 Å². The smallest absolute Gasteiger partial charge is 0.416 e. The lowest BCUT2D eigenvalue weighted by atomic mass is 9.76. The van der Waals surface area contributed by atoms with Crippen molar-refractivity contribution in [1.29, 1.82) is 0 Å². The number of ketones is 1. The Labute approximate surface area is 270 Å². The SMILES string of the molecule is COc1cccc2c1C(C)(C)/C(=C/C1=C(O)C(=C\C3=[N+](CCC(C)C)c4cccc(C(F)(F)F)c4C3(C)C)/C1=O)N2CCC(C)C. The summed E-state index contributed by atoms with van der Waals surface area (Å²) in [6.45, 7) is 17.4. The van der Waals surface area contributed by atoms with Crippen molar-refractivity contribution in [2.45, 2.75) is 85.2 Å². The quantitative estimate of drug-likeness (QED) is 0.221. The van der Waals surface area contributed by atoms with Crippen LogP contribution in [0, 0.1) is 11.8 Å². The maximum atomic E-state index is 14.2. The van der Waals surface area contributed by atoms with Gasteiger partial charge < -0.3 is 14.7 Å². The molecule has 0 radical (unpaired) electrons. The second kappa shape index (κ2) is 11.8. The van der Waals surface area contributed by atoms with Crippen molar-refractivity contribution in [3.05, 3.63) is 87.8 Å². The lowest BCUT2D eigenvalue weighted by Crippen LogP contribution is -2.33. The zero-order valence-corrected chi connectivity index (χ0v) is 28.4. The minimum Gasteiger partial charge on any atom is -0.506 e. The molecule has 2 aromatic carbocycles. The van der Waals surface area contributed by atoms with E-state index < -0.39 is 22.6 Å². The van der Waals surface area contributed by atoms with E-state index in [9.17, 15) is 23.1 Å². The number of allylic oxidation sites excluding steroid dienone is 5. The molecule has 8 heteroatoms. The summed E-state index contributed by atoms with van der Waals surface area (Å²) in [6.07, 6.45) is 0.532. The van der Waals surface area contributed by atoms with E-state index in [-0.39, 0.29) is 28.3 Å². The molecule has 5 nitrogen and oxygen atoms in total. The van der Waals surface area contributed by atoms with E-state index in [1.165, 1.54) is 6.07 Å². The van der Waals surface area contributed by atoms with Gasteiger partial charge >= 0.3 is 6.18 Å². The predicted molar refractivity (Wildman–Crippen MR) is 177 cm³/mol. The Morgan fingerprint density at radius 1 is 0.935 bits per heavy atom. The Bertz CT molecular complexity index is 1700. The Balaban J connectivity index is 1.62. The Morgan fingerprint density at radius 2 is 1.59 bits per heavy atom. The fourth-order valence-electron chi connectivity index (χ4n) is 7.15. The molecular formula is C38H46F3N2O3+. The number of aliphatic hydroxyl groups excluding tert-OH is 1. The molecule has 0 atom stereocenters. The monoisotopic (exact) mass is 635 g/mol. The molecule has 246 valence electrons. The van der Waals surface area contributed by atoms with Crippen molar-refractivity contribution in [3.63, 3.8) is 0 Å². The van der Waals surface area contributed by atoms with Gasteiger partial charge in [0.15, 0.2) is 5.71 Å². The van der Waals surface area contributed by atoms with E-state index >= 15 is 0 Å². The number of methoxy groups -OCH3 is 1. The van der Waals surface area contributed by atoms with Gasteiger partial charge in [0.05, 0.1) is 34.8 Å². The van der Waals surface area contributed by atoms with E-state index in [0.29, 0.717) is 29.8 Å². The third-order valence-electron chi connectivity index (χ3n) is 9.69. The first-order chi connectivity index (χ1) is 21.4. The standard InChI is InChI=1S/C38H45F3N2O3/c1-22(2)16-18-42-27-13-10-12-26(38(39,40)41)32(27)36(5,6)30(42)20-24-34(44)25(35(24)45)21-31-37(7,8)33-28(14-11-15-29(33)46-9)43(31)19-17-23(3)4/h10-15,20-23H,16-19H2,1-9H3/p+1. The van der Waals surface area contributed by atoms with Crippen molar-refractivity contribution in [1.82, 2.24) is 0 Å². The van der Waals surface area contributed by atoms with Gasteiger partial charge in [-0.1, -0.05) is 53.7 Å². The van der Waals surface area contributed by atoms with Gasteiger partial charge in [0.2, 0.25) is 11.5 Å². The third kappa shape index (κ3) is 5.47. The number of hydrogen-bond donors (Lipinski definition) is 1. The maximum Gasteiger partial charge on any atom is 0.416 e. The summed E-state index contributed by atoms with van der Waals surface area (Å²) in [5.74, 6) is 1.07. The molecule has 3 aliphatic rings. The number of nitrogens with zero attached hydrogens (tertiary/aromatic N) is 2. The zero-order chi connectivity index (χ0) is 33.9. The van der Waals surface area contributed by atoms with Gasteiger partial charge in [0, 0.05) is 47.5 Å². The molecule has 0 saturated heterocycles. The molecule has 2 heterocycles. The van der Waals surface area contributed by atoms with Gasteiger partial charge in [-0.25, -0.2) is 0 Å². The number of anilines is 1. The van der Waals surface area contributed by atoms with Crippen LogP contribution in [-0.4, -0.2) is 41.4 Å². The highest BCUT2D eigenvalue weighted by atomic mass is 19.4. The number of Topliss-reactive ketones (excluding diaryl/α,β-unsaturated/α-hetero) is 1. The van der Waals surface area contributed by atoms with Gasteiger partial charge in [-0.15, -0.1) is 0 Å². The zero-order valence-electron chi connectivity index (χ0n) is 28.4. The summed E-state index contributed by atoms with van der Waals surface area (Å²) in [5, 5.41) is 11.4. The van der Waals surface area contributed by atoms with Crippen molar-refractivity contribution in [3.8, 4) is 5.75 Å². The molecular weight excluding hydrogens is 589 g/mol. The summed E-state index contributed by atoms with van der Waals surface area (Å²) >= 11 is 0. The molecule has 5 rings (SSSR count). The highest BCUT2D eigenvalue weighted by Crippen LogP contribution is 2.53. The van der Waals surface area contributed by atoms with Crippen molar-refractivity contribution >= 4 is 22.9 Å². The topological polar surface area (TPSA) is 52.8 Å². The van der Waals surface area contributed by atoms with Crippen molar-refractivity contribution in [2.75, 3.05) is 25.1 Å². The highest BCUT2D eigenvalue weighted by molar-refractivity contribution is 6.24. The molecule has 1 aliphatic carbocycles. The number of hydrogen-bond acceptors (Lipinski definition) is 4. The summed E-state index contributed by atoms with van der Waals surface area (Å²) in [5.41, 5.74) is 2.24. The number of rotatable bonds is 9. The lowest BCUT2D eigenvalue weighted by Gasteiger charge is -2.30. The van der Waals surface area contributed by atoms with Crippen molar-refractivity contribution < 1.29 is 32.4 Å². The van der Waals surface area contributed by atoms with Gasteiger partial charge in [0.1, 0.15) is 18.1 Å². The second-order valence-electron chi connectivity index (χ2n) is 14.5. The first-order valence-corrected chi connectivity index (χ1v) is 16.2. The van der Waals surface area contributed by atoms with E-state index in [1.807, 2.05) is 16.7 Å². The number of carbonyl (C=O) groups excluding carboxylic acids is 1. The van der Waals surface area contributed by atoms with Gasteiger partial charge in [0.25, 0.3) is 0 Å². The highest BCUT2D eigenvalue weighted by Gasteiger charge is 2.52. The Hall–Kier alpha value is -3.81. The Kier molecular flexibility index (Phi) is 8.58. The number of aliphatic hydroxyl groups is 1. The summed E-state index contributed by atoms with van der Waals surface area (Å²) in [7, 11) is 1.65. The summed E-state index contributed by atoms with van der Waals surface area (Å²) in [4.78, 5) is 16.0. The van der Waals surface area contributed by atoms with Crippen molar-refractivity contribution in [2.24, 2.45) is 11.8 Å². The molecule has 0 fully saturated rings. The van der Waals surface area contributed by atoms with Crippen LogP contribution in [0.2, 0.25) is 0 Å². The van der Waals surface area contributed by atoms with Gasteiger partial charge in [-0.3, -0.25) is 4.79 Å². The third-order valence-corrected chi connectivity index (χ3v) is 9.69. The second-order valence-corrected chi connectivity index (χ2v) is 14.5. The van der Waals surface area contributed by atoms with E-state index in [4.69, 9.17) is 4.74 Å². The van der Waals surface area contributed by atoms with Crippen LogP contribution in [0.4, 0.5) is 24.5 Å². The van der Waals surface area contributed by atoms with Crippen LogP contribution in [0.25, 0.3) is 0 Å². The van der Waals surface area contributed by atoms with Crippen LogP contribution in [0.3, 0.4) is 0 Å². The first kappa shape index (κ1) is 33.6.